The van der Waals surface area contributed by atoms with Crippen LogP contribution in [-0.4, -0.2) is 43.9 Å². The average Bonchev–Trinajstić information content (AvgIpc) is 2.66. The zero-order valence-corrected chi connectivity index (χ0v) is 16.6. The lowest BCUT2D eigenvalue weighted by molar-refractivity contribution is -0.0440. The number of morpholine rings is 1. The molecule has 6 nitrogen and oxygen atoms in total. The van der Waals surface area contributed by atoms with Gasteiger partial charge in [0.2, 0.25) is 10.0 Å². The number of carbonyl (C=O) groups excluding carboxylic acids is 1. The summed E-state index contributed by atoms with van der Waals surface area (Å²) in [5.74, 6) is -0.793. The van der Waals surface area contributed by atoms with Crippen molar-refractivity contribution in [2.45, 2.75) is 37.5 Å². The van der Waals surface area contributed by atoms with E-state index in [2.05, 4.69) is 5.32 Å². The fourth-order valence-corrected chi connectivity index (χ4v) is 4.76. The van der Waals surface area contributed by atoms with Gasteiger partial charge in [0.1, 0.15) is 5.82 Å². The molecule has 2 aromatic carbocycles. The van der Waals surface area contributed by atoms with Crippen molar-refractivity contribution in [2.75, 3.05) is 13.1 Å². The predicted octanol–water partition coefficient (Wildman–Crippen LogP) is 2.55. The Bertz CT molecular complexity index is 937. The van der Waals surface area contributed by atoms with E-state index in [9.17, 15) is 17.6 Å². The Kier molecular flexibility index (Phi) is 6.12. The molecule has 1 aliphatic rings. The molecule has 1 saturated heterocycles. The Balaban J connectivity index is 1.68. The molecular formula is C20H23FN2O4S. The van der Waals surface area contributed by atoms with E-state index < -0.39 is 21.7 Å². The largest absolute Gasteiger partial charge is 0.373 e. The van der Waals surface area contributed by atoms with Gasteiger partial charge in [-0.3, -0.25) is 4.79 Å². The molecule has 8 heteroatoms. The number of carbonyl (C=O) groups is 1. The van der Waals surface area contributed by atoms with Crippen LogP contribution in [0.5, 0.6) is 0 Å². The molecule has 3 rings (SSSR count). The summed E-state index contributed by atoms with van der Waals surface area (Å²) in [7, 11) is -3.66. The minimum absolute atomic E-state index is 0.0507. The first kappa shape index (κ1) is 20.4. The molecule has 0 bridgehead atoms. The Morgan fingerprint density at radius 1 is 1.11 bits per heavy atom. The van der Waals surface area contributed by atoms with Crippen molar-refractivity contribution in [2.24, 2.45) is 0 Å². The number of hydrogen-bond donors (Lipinski definition) is 1. The van der Waals surface area contributed by atoms with Gasteiger partial charge >= 0.3 is 0 Å². The van der Waals surface area contributed by atoms with Crippen LogP contribution in [0, 0.1) is 5.82 Å². The first-order valence-corrected chi connectivity index (χ1v) is 10.5. The molecule has 1 aliphatic heterocycles. The highest BCUT2D eigenvalue weighted by molar-refractivity contribution is 7.89. The molecule has 2 aromatic rings. The number of nitrogens with one attached hydrogen (secondary N) is 1. The number of benzene rings is 2. The summed E-state index contributed by atoms with van der Waals surface area (Å²) in [6.45, 7) is 4.30. The molecular weight excluding hydrogens is 383 g/mol. The lowest BCUT2D eigenvalue weighted by atomic mass is 10.2. The third kappa shape index (κ3) is 4.57. The normalized spacial score (nSPS) is 20.7. The SMILES string of the molecule is C[C@H]1CN(S(=O)(=O)c2ccc(C(=O)NCc3ccccc3F)cc2)C[C@H](C)O1. The summed E-state index contributed by atoms with van der Waals surface area (Å²) in [5, 5.41) is 2.63. The summed E-state index contributed by atoms with van der Waals surface area (Å²) in [6.07, 6.45) is -0.357. The number of nitrogens with zero attached hydrogens (tertiary/aromatic N) is 1. The Morgan fingerprint density at radius 3 is 2.32 bits per heavy atom. The van der Waals surface area contributed by atoms with E-state index in [1.165, 1.54) is 34.6 Å². The third-order valence-corrected chi connectivity index (χ3v) is 6.38. The van der Waals surface area contributed by atoms with Gasteiger partial charge in [0.05, 0.1) is 17.1 Å². The summed E-state index contributed by atoms with van der Waals surface area (Å²) >= 11 is 0. The van der Waals surface area contributed by atoms with Crippen LogP contribution >= 0.6 is 0 Å². The zero-order chi connectivity index (χ0) is 20.3. The molecule has 0 aromatic heterocycles. The van der Waals surface area contributed by atoms with Gasteiger partial charge in [-0.25, -0.2) is 12.8 Å². The van der Waals surface area contributed by atoms with E-state index in [1.54, 1.807) is 18.2 Å². The van der Waals surface area contributed by atoms with Crippen molar-refractivity contribution in [1.29, 1.82) is 0 Å². The minimum Gasteiger partial charge on any atom is -0.373 e. The van der Waals surface area contributed by atoms with Crippen LogP contribution in [0.3, 0.4) is 0 Å². The van der Waals surface area contributed by atoms with E-state index in [4.69, 9.17) is 4.74 Å². The van der Waals surface area contributed by atoms with Crippen LogP contribution in [0.25, 0.3) is 0 Å². The summed E-state index contributed by atoms with van der Waals surface area (Å²) in [5.41, 5.74) is 0.685. The molecule has 1 fully saturated rings. The summed E-state index contributed by atoms with van der Waals surface area (Å²) < 4.78 is 46.3. The third-order valence-electron chi connectivity index (χ3n) is 4.54. The molecule has 0 aliphatic carbocycles. The van der Waals surface area contributed by atoms with E-state index in [0.717, 1.165) is 0 Å². The maximum absolute atomic E-state index is 13.6. The summed E-state index contributed by atoms with van der Waals surface area (Å²) in [6, 6.07) is 11.9. The molecule has 1 N–H and O–H groups in total. The summed E-state index contributed by atoms with van der Waals surface area (Å²) in [4.78, 5) is 12.4. The number of amides is 1. The number of rotatable bonds is 5. The van der Waals surface area contributed by atoms with Crippen LogP contribution in [0.2, 0.25) is 0 Å². The molecule has 150 valence electrons. The highest BCUT2D eigenvalue weighted by Crippen LogP contribution is 2.21. The lowest BCUT2D eigenvalue weighted by Gasteiger charge is -2.34. The molecule has 0 unspecified atom stereocenters. The highest BCUT2D eigenvalue weighted by atomic mass is 32.2. The van der Waals surface area contributed by atoms with Gasteiger partial charge in [0.25, 0.3) is 5.91 Å². The van der Waals surface area contributed by atoms with Crippen molar-refractivity contribution in [3.63, 3.8) is 0 Å². The lowest BCUT2D eigenvalue weighted by Crippen LogP contribution is -2.48. The van der Waals surface area contributed by atoms with Crippen molar-refractivity contribution in [3.05, 3.63) is 65.5 Å². The van der Waals surface area contributed by atoms with Crippen molar-refractivity contribution >= 4 is 15.9 Å². The van der Waals surface area contributed by atoms with Gasteiger partial charge in [-0.15, -0.1) is 0 Å². The molecule has 28 heavy (non-hydrogen) atoms. The average molecular weight is 406 g/mol. The van der Waals surface area contributed by atoms with Crippen molar-refractivity contribution in [1.82, 2.24) is 9.62 Å². The van der Waals surface area contributed by atoms with Gasteiger partial charge in [-0.2, -0.15) is 4.31 Å². The van der Waals surface area contributed by atoms with Gasteiger partial charge in [0, 0.05) is 30.8 Å². The second kappa shape index (κ2) is 8.38. The smallest absolute Gasteiger partial charge is 0.251 e. The maximum Gasteiger partial charge on any atom is 0.251 e. The van der Waals surface area contributed by atoms with Crippen LogP contribution in [-0.2, 0) is 21.3 Å². The Labute approximate surface area is 164 Å². The number of hydrogen-bond acceptors (Lipinski definition) is 4. The minimum atomic E-state index is -3.66. The van der Waals surface area contributed by atoms with Crippen LogP contribution in [0.15, 0.2) is 53.4 Å². The van der Waals surface area contributed by atoms with Gasteiger partial charge in [-0.1, -0.05) is 18.2 Å². The van der Waals surface area contributed by atoms with Gasteiger partial charge in [0.15, 0.2) is 0 Å². The molecule has 0 saturated carbocycles. The van der Waals surface area contributed by atoms with Gasteiger partial charge in [-0.05, 0) is 44.2 Å². The van der Waals surface area contributed by atoms with Crippen LogP contribution < -0.4 is 5.32 Å². The van der Waals surface area contributed by atoms with E-state index in [-0.39, 0.29) is 36.7 Å². The maximum atomic E-state index is 13.6. The fourth-order valence-electron chi connectivity index (χ4n) is 3.17. The molecule has 1 heterocycles. The first-order valence-electron chi connectivity index (χ1n) is 9.04. The Hall–Kier alpha value is -2.29. The zero-order valence-electron chi connectivity index (χ0n) is 15.8. The fraction of sp³-hybridized carbons (Fsp3) is 0.350. The Morgan fingerprint density at radius 2 is 1.71 bits per heavy atom. The van der Waals surface area contributed by atoms with Crippen LogP contribution in [0.1, 0.15) is 29.8 Å². The predicted molar refractivity (Wildman–Crippen MR) is 103 cm³/mol. The molecule has 0 radical (unpaired) electrons. The first-order chi connectivity index (χ1) is 13.3. The molecule has 2 atom stereocenters. The highest BCUT2D eigenvalue weighted by Gasteiger charge is 2.32. The van der Waals surface area contributed by atoms with E-state index in [1.807, 2.05) is 13.8 Å². The number of halogens is 1. The van der Waals surface area contributed by atoms with E-state index >= 15 is 0 Å². The second-order valence-electron chi connectivity index (χ2n) is 6.88. The number of ether oxygens (including phenoxy) is 1. The molecule has 1 amide bonds. The molecule has 0 spiro atoms. The monoisotopic (exact) mass is 406 g/mol. The van der Waals surface area contributed by atoms with E-state index in [0.29, 0.717) is 11.1 Å². The van der Waals surface area contributed by atoms with Gasteiger partial charge < -0.3 is 10.1 Å². The standard InChI is InChI=1S/C20H23FN2O4S/c1-14-12-23(13-15(2)27-14)28(25,26)18-9-7-16(8-10-18)20(24)22-11-17-5-3-4-6-19(17)21/h3-10,14-15H,11-13H2,1-2H3,(H,22,24)/t14-,15-/m0/s1. The second-order valence-corrected chi connectivity index (χ2v) is 8.82. The quantitative estimate of drug-likeness (QED) is 0.828. The topological polar surface area (TPSA) is 75.7 Å². The number of sulfonamides is 1. The van der Waals surface area contributed by atoms with Crippen LogP contribution in [0.4, 0.5) is 4.39 Å². The van der Waals surface area contributed by atoms with Crippen molar-refractivity contribution in [3.8, 4) is 0 Å². The van der Waals surface area contributed by atoms with Crippen molar-refractivity contribution < 1.29 is 22.3 Å².